The molecular formula is C16H23N3O. The molecule has 0 unspecified atom stereocenters. The molecule has 1 N–H and O–H groups in total. The van der Waals surface area contributed by atoms with Crippen LogP contribution in [0.15, 0.2) is 29.1 Å². The molecule has 108 valence electrons. The standard InChI is InChI=1S/C16H23N3O/c1-11(2)9-12(3)19(4)10-15-17-14-8-6-5-7-13(14)16(20)18-15/h5-8,11-12H,9-10H2,1-4H3,(H,17,18,20)/t12-/m0/s1. The van der Waals surface area contributed by atoms with E-state index >= 15 is 0 Å². The van der Waals surface area contributed by atoms with Gasteiger partial charge in [0.2, 0.25) is 0 Å². The monoisotopic (exact) mass is 273 g/mol. The SMILES string of the molecule is CC(C)C[C@H](C)N(C)Cc1nc2ccccc2c(=O)[nH]1. The predicted octanol–water partition coefficient (Wildman–Crippen LogP) is 2.79. The van der Waals surface area contributed by atoms with Crippen molar-refractivity contribution in [2.75, 3.05) is 7.05 Å². The van der Waals surface area contributed by atoms with E-state index in [1.165, 1.54) is 0 Å². The molecule has 0 saturated heterocycles. The number of aromatic nitrogens is 2. The number of hydrogen-bond donors (Lipinski definition) is 1. The first-order chi connectivity index (χ1) is 9.47. The lowest BCUT2D eigenvalue weighted by Crippen LogP contribution is -2.31. The molecular weight excluding hydrogens is 250 g/mol. The highest BCUT2D eigenvalue weighted by molar-refractivity contribution is 5.77. The zero-order chi connectivity index (χ0) is 14.7. The second-order valence-electron chi connectivity index (χ2n) is 5.92. The lowest BCUT2D eigenvalue weighted by molar-refractivity contribution is 0.216. The molecule has 20 heavy (non-hydrogen) atoms. The Balaban J connectivity index is 2.19. The van der Waals surface area contributed by atoms with Gasteiger partial charge in [-0.1, -0.05) is 26.0 Å². The first kappa shape index (κ1) is 14.7. The first-order valence-electron chi connectivity index (χ1n) is 7.15. The Morgan fingerprint density at radius 3 is 2.65 bits per heavy atom. The summed E-state index contributed by atoms with van der Waals surface area (Å²) in [4.78, 5) is 21.7. The van der Waals surface area contributed by atoms with E-state index in [1.54, 1.807) is 6.07 Å². The summed E-state index contributed by atoms with van der Waals surface area (Å²) in [7, 11) is 2.07. The van der Waals surface area contributed by atoms with Gasteiger partial charge in [0.1, 0.15) is 5.82 Å². The van der Waals surface area contributed by atoms with E-state index in [-0.39, 0.29) is 5.56 Å². The Kier molecular flexibility index (Phi) is 4.55. The van der Waals surface area contributed by atoms with Gasteiger partial charge in [-0.15, -0.1) is 0 Å². The highest BCUT2D eigenvalue weighted by Crippen LogP contribution is 2.12. The van der Waals surface area contributed by atoms with Gasteiger partial charge in [-0.05, 0) is 38.4 Å². The maximum Gasteiger partial charge on any atom is 0.258 e. The van der Waals surface area contributed by atoms with E-state index in [0.717, 1.165) is 17.8 Å². The minimum Gasteiger partial charge on any atom is -0.309 e. The van der Waals surface area contributed by atoms with E-state index in [0.29, 0.717) is 23.9 Å². The maximum absolute atomic E-state index is 12.0. The van der Waals surface area contributed by atoms with Crippen molar-refractivity contribution in [1.29, 1.82) is 0 Å². The van der Waals surface area contributed by atoms with Crippen LogP contribution in [0.3, 0.4) is 0 Å². The molecule has 0 aliphatic rings. The summed E-state index contributed by atoms with van der Waals surface area (Å²) in [6, 6.07) is 7.91. The molecule has 0 aliphatic carbocycles. The average molecular weight is 273 g/mol. The van der Waals surface area contributed by atoms with E-state index in [4.69, 9.17) is 0 Å². The molecule has 2 aromatic rings. The van der Waals surface area contributed by atoms with Crippen molar-refractivity contribution < 1.29 is 0 Å². The van der Waals surface area contributed by atoms with Crippen molar-refractivity contribution in [1.82, 2.24) is 14.9 Å². The number of hydrogen-bond acceptors (Lipinski definition) is 3. The van der Waals surface area contributed by atoms with Crippen molar-refractivity contribution in [3.05, 3.63) is 40.4 Å². The van der Waals surface area contributed by atoms with Crippen LogP contribution in [0.4, 0.5) is 0 Å². The zero-order valence-corrected chi connectivity index (χ0v) is 12.7. The molecule has 0 saturated carbocycles. The highest BCUT2D eigenvalue weighted by atomic mass is 16.1. The van der Waals surface area contributed by atoms with Crippen LogP contribution < -0.4 is 5.56 Å². The van der Waals surface area contributed by atoms with E-state index in [9.17, 15) is 4.79 Å². The molecule has 0 spiro atoms. The maximum atomic E-state index is 12.0. The van der Waals surface area contributed by atoms with Crippen LogP contribution >= 0.6 is 0 Å². The van der Waals surface area contributed by atoms with Crippen molar-refractivity contribution in [3.63, 3.8) is 0 Å². The number of H-pyrrole nitrogens is 1. The fourth-order valence-electron chi connectivity index (χ4n) is 2.46. The first-order valence-corrected chi connectivity index (χ1v) is 7.15. The van der Waals surface area contributed by atoms with Crippen molar-refractivity contribution >= 4 is 10.9 Å². The second-order valence-corrected chi connectivity index (χ2v) is 5.92. The van der Waals surface area contributed by atoms with E-state index in [2.05, 4.69) is 42.7 Å². The summed E-state index contributed by atoms with van der Waals surface area (Å²) in [6.45, 7) is 7.31. The second kappa shape index (κ2) is 6.18. The molecule has 0 aliphatic heterocycles. The highest BCUT2D eigenvalue weighted by Gasteiger charge is 2.13. The van der Waals surface area contributed by atoms with Crippen LogP contribution in [0.1, 0.15) is 33.0 Å². The third-order valence-electron chi connectivity index (χ3n) is 3.63. The van der Waals surface area contributed by atoms with E-state index < -0.39 is 0 Å². The van der Waals surface area contributed by atoms with Gasteiger partial charge in [-0.25, -0.2) is 4.98 Å². The summed E-state index contributed by atoms with van der Waals surface area (Å²) in [5.74, 6) is 1.39. The third kappa shape index (κ3) is 3.45. The summed E-state index contributed by atoms with van der Waals surface area (Å²) in [5.41, 5.74) is 0.701. The number of nitrogens with zero attached hydrogens (tertiary/aromatic N) is 2. The van der Waals surface area contributed by atoms with Gasteiger partial charge in [0.05, 0.1) is 17.4 Å². The smallest absolute Gasteiger partial charge is 0.258 e. The molecule has 0 amide bonds. The molecule has 1 heterocycles. The Hall–Kier alpha value is -1.68. The summed E-state index contributed by atoms with van der Waals surface area (Å²) in [6.07, 6.45) is 1.13. The summed E-state index contributed by atoms with van der Waals surface area (Å²) in [5, 5.41) is 0.647. The number of para-hydroxylation sites is 1. The minimum absolute atomic E-state index is 0.0597. The third-order valence-corrected chi connectivity index (χ3v) is 3.63. The summed E-state index contributed by atoms with van der Waals surface area (Å²) < 4.78 is 0. The fraction of sp³-hybridized carbons (Fsp3) is 0.500. The molecule has 1 atom stereocenters. The molecule has 2 rings (SSSR count). The van der Waals surface area contributed by atoms with Crippen molar-refractivity contribution in [3.8, 4) is 0 Å². The lowest BCUT2D eigenvalue weighted by Gasteiger charge is -2.25. The topological polar surface area (TPSA) is 49.0 Å². The Morgan fingerprint density at radius 2 is 1.95 bits per heavy atom. The number of aromatic amines is 1. The molecule has 0 bridgehead atoms. The van der Waals surface area contributed by atoms with Crippen LogP contribution in [0.25, 0.3) is 10.9 Å². The minimum atomic E-state index is -0.0597. The van der Waals surface area contributed by atoms with Crippen LogP contribution in [-0.2, 0) is 6.54 Å². The molecule has 0 radical (unpaired) electrons. The Bertz CT molecular complexity index is 633. The molecule has 4 nitrogen and oxygen atoms in total. The quantitative estimate of drug-likeness (QED) is 0.911. The van der Waals surface area contributed by atoms with Gasteiger partial charge in [-0.3, -0.25) is 9.69 Å². The molecule has 1 aromatic heterocycles. The number of fused-ring (bicyclic) bond motifs is 1. The Labute approximate surface area is 119 Å². The fourth-order valence-corrected chi connectivity index (χ4v) is 2.46. The lowest BCUT2D eigenvalue weighted by atomic mass is 10.0. The van der Waals surface area contributed by atoms with Gasteiger partial charge in [0.25, 0.3) is 5.56 Å². The number of benzene rings is 1. The van der Waals surface area contributed by atoms with Crippen LogP contribution in [0.5, 0.6) is 0 Å². The molecule has 1 aromatic carbocycles. The van der Waals surface area contributed by atoms with E-state index in [1.807, 2.05) is 18.2 Å². The predicted molar refractivity (Wildman–Crippen MR) is 82.7 cm³/mol. The average Bonchev–Trinajstić information content (AvgIpc) is 2.38. The zero-order valence-electron chi connectivity index (χ0n) is 12.7. The normalized spacial score (nSPS) is 13.3. The number of rotatable bonds is 5. The number of nitrogens with one attached hydrogen (secondary N) is 1. The van der Waals surface area contributed by atoms with Gasteiger partial charge >= 0.3 is 0 Å². The van der Waals surface area contributed by atoms with Gasteiger partial charge in [-0.2, -0.15) is 0 Å². The van der Waals surface area contributed by atoms with Gasteiger partial charge < -0.3 is 4.98 Å². The van der Waals surface area contributed by atoms with Crippen molar-refractivity contribution in [2.24, 2.45) is 5.92 Å². The molecule has 4 heteroatoms. The van der Waals surface area contributed by atoms with Gasteiger partial charge in [0, 0.05) is 6.04 Å². The largest absolute Gasteiger partial charge is 0.309 e. The van der Waals surface area contributed by atoms with Gasteiger partial charge in [0.15, 0.2) is 0 Å². The summed E-state index contributed by atoms with van der Waals surface area (Å²) >= 11 is 0. The van der Waals surface area contributed by atoms with Crippen LogP contribution in [0, 0.1) is 5.92 Å². The van der Waals surface area contributed by atoms with Crippen LogP contribution in [-0.4, -0.2) is 28.0 Å². The molecule has 0 fully saturated rings. The van der Waals surface area contributed by atoms with Crippen LogP contribution in [0.2, 0.25) is 0 Å². The Morgan fingerprint density at radius 1 is 1.25 bits per heavy atom. The van der Waals surface area contributed by atoms with Crippen molar-refractivity contribution in [2.45, 2.75) is 39.8 Å².